The van der Waals surface area contributed by atoms with Crippen LogP contribution in [0.3, 0.4) is 0 Å². The van der Waals surface area contributed by atoms with Crippen LogP contribution >= 0.6 is 0 Å². The Kier molecular flexibility index (Phi) is 7.50. The molecule has 13 rings (SSSR count). The Balaban J connectivity index is 0.00000399. The van der Waals surface area contributed by atoms with Crippen LogP contribution < -0.4 is 9.97 Å². The molecule has 8 nitrogen and oxygen atoms in total. The number of nitrogens with zero attached hydrogens (tertiary/aromatic N) is 8. The SMILES string of the molecule is Cc1ccc2ccc3c(c2c1)-c1nc-3nc2[n-]c(nc3nc(nc4[n-]c(n1)c1ccc5ccc(C)cc5c41)-c1c-3ccc3ccc(C)cc13)c1c3cc(C)ccc3ccc21.[Fe+2]. The molecule has 2 aliphatic heterocycles. The Morgan fingerprint density at radius 1 is 0.311 bits per heavy atom. The molecule has 8 bridgehead atoms. The van der Waals surface area contributed by atoms with Gasteiger partial charge in [0.2, 0.25) is 0 Å². The molecule has 0 saturated heterocycles. The van der Waals surface area contributed by atoms with Crippen LogP contribution in [0.5, 0.6) is 0 Å². The van der Waals surface area contributed by atoms with E-state index in [-0.39, 0.29) is 17.1 Å². The summed E-state index contributed by atoms with van der Waals surface area (Å²) in [6.45, 7) is 8.45. The third kappa shape index (κ3) is 5.24. The van der Waals surface area contributed by atoms with E-state index in [4.69, 9.17) is 39.9 Å². The first-order valence-corrected chi connectivity index (χ1v) is 20.2. The van der Waals surface area contributed by atoms with Crippen LogP contribution in [0.4, 0.5) is 0 Å². The van der Waals surface area contributed by atoms with Crippen molar-refractivity contribution in [2.45, 2.75) is 27.7 Å². The second kappa shape index (κ2) is 12.8. The zero-order valence-corrected chi connectivity index (χ0v) is 34.6. The molecule has 0 fully saturated rings. The standard InChI is InChI=1S/C52H32N8.Fe/c1-25-5-9-29-13-17-33-41(37(29)21-25)49-54-45(33)53-46-34-18-14-30-10-6-26(2)22-38(30)42(34)50(55-46)57-48-36-20-16-32-12-8-28(4)24-40(32)44(36)52(59-48)60-51-43-35(47(56-49)58-51)19-15-31-11-7-27(3)23-39(31)43;/h5-24H,1-4H3;/q-2;+2. The molecule has 3 aromatic heterocycles. The number of hydrogen-bond acceptors (Lipinski definition) is 6. The largest absolute Gasteiger partial charge is 2.00 e. The van der Waals surface area contributed by atoms with Gasteiger partial charge in [0.05, 0.1) is 23.3 Å². The fourth-order valence-electron chi connectivity index (χ4n) is 9.37. The van der Waals surface area contributed by atoms with Crippen molar-refractivity contribution in [3.8, 4) is 45.6 Å². The maximum absolute atomic E-state index is 5.43. The third-order valence-corrected chi connectivity index (χ3v) is 12.3. The normalized spacial score (nSPS) is 12.1. The van der Waals surface area contributed by atoms with Crippen LogP contribution in [-0.2, 0) is 17.1 Å². The average molecular weight is 825 g/mol. The fourth-order valence-corrected chi connectivity index (χ4v) is 9.37. The van der Waals surface area contributed by atoms with Gasteiger partial charge in [-0.15, -0.1) is 0 Å². The number of hydrogen-bond donors (Lipinski definition) is 0. The molecule has 5 heterocycles. The van der Waals surface area contributed by atoms with E-state index in [1.807, 2.05) is 0 Å². The van der Waals surface area contributed by atoms with Crippen molar-refractivity contribution in [3.63, 3.8) is 0 Å². The molecule has 0 aliphatic carbocycles. The summed E-state index contributed by atoms with van der Waals surface area (Å²) in [4.78, 5) is 42.5. The minimum Gasteiger partial charge on any atom is -0.357 e. The van der Waals surface area contributed by atoms with Gasteiger partial charge in [0.1, 0.15) is 0 Å². The summed E-state index contributed by atoms with van der Waals surface area (Å²) in [5, 5.41) is 12.2. The summed E-state index contributed by atoms with van der Waals surface area (Å²) in [5.74, 6) is 2.17. The van der Waals surface area contributed by atoms with Crippen molar-refractivity contribution in [1.29, 1.82) is 0 Å². The van der Waals surface area contributed by atoms with E-state index in [1.165, 1.54) is 0 Å². The summed E-state index contributed by atoms with van der Waals surface area (Å²) in [6, 6.07) is 42.9. The van der Waals surface area contributed by atoms with Crippen molar-refractivity contribution in [2.24, 2.45) is 0 Å². The summed E-state index contributed by atoms with van der Waals surface area (Å²) in [6.07, 6.45) is 0. The van der Waals surface area contributed by atoms with Gasteiger partial charge < -0.3 is 29.9 Å². The van der Waals surface area contributed by atoms with Crippen LogP contribution in [-0.4, -0.2) is 29.9 Å². The number of aromatic nitrogens is 8. The van der Waals surface area contributed by atoms with Crippen LogP contribution in [0.1, 0.15) is 22.3 Å². The topological polar surface area (TPSA) is 106 Å². The van der Waals surface area contributed by atoms with E-state index in [2.05, 4.69) is 149 Å². The van der Waals surface area contributed by atoms with Crippen molar-refractivity contribution in [1.82, 2.24) is 39.9 Å². The number of rotatable bonds is 0. The van der Waals surface area contributed by atoms with Crippen molar-refractivity contribution >= 4 is 87.2 Å². The van der Waals surface area contributed by atoms with E-state index in [9.17, 15) is 0 Å². The smallest absolute Gasteiger partial charge is 0.357 e. The molecule has 11 aromatic rings. The van der Waals surface area contributed by atoms with Crippen molar-refractivity contribution in [3.05, 3.63) is 144 Å². The van der Waals surface area contributed by atoms with Gasteiger partial charge in [0.25, 0.3) is 0 Å². The Morgan fingerprint density at radius 3 is 1.08 bits per heavy atom. The number of fused-ring (bicyclic) bond motifs is 28. The van der Waals surface area contributed by atoms with Gasteiger partial charge in [-0.25, -0.2) is 9.97 Å². The Labute approximate surface area is 359 Å². The Morgan fingerprint density at radius 2 is 0.639 bits per heavy atom. The molecule has 0 amide bonds. The predicted octanol–water partition coefficient (Wildman–Crippen LogP) is 12.0. The van der Waals surface area contributed by atoms with Gasteiger partial charge in [0, 0.05) is 55.6 Å². The molecule has 0 saturated carbocycles. The molecule has 0 atom stereocenters. The number of benzene rings is 8. The second-order valence-corrected chi connectivity index (χ2v) is 16.3. The van der Waals surface area contributed by atoms with Crippen LogP contribution in [0, 0.1) is 27.7 Å². The molecule has 0 spiro atoms. The van der Waals surface area contributed by atoms with Gasteiger partial charge in [-0.3, -0.25) is 0 Å². The zero-order chi connectivity index (χ0) is 40.0. The summed E-state index contributed by atoms with van der Waals surface area (Å²) >= 11 is 0. The van der Waals surface area contributed by atoms with Crippen LogP contribution in [0.2, 0.25) is 0 Å². The van der Waals surface area contributed by atoms with Crippen molar-refractivity contribution in [2.75, 3.05) is 0 Å². The number of aryl methyl sites for hydroxylation is 4. The molecular weight excluding hydrogens is 792 g/mol. The van der Waals surface area contributed by atoms with E-state index in [1.54, 1.807) is 0 Å². The maximum Gasteiger partial charge on any atom is 2.00 e. The van der Waals surface area contributed by atoms with Crippen molar-refractivity contribution < 1.29 is 17.1 Å². The van der Waals surface area contributed by atoms with Gasteiger partial charge in [0.15, 0.2) is 0 Å². The molecule has 61 heavy (non-hydrogen) atoms. The van der Waals surface area contributed by atoms with E-state index < -0.39 is 0 Å². The molecule has 0 N–H and O–H groups in total. The molecule has 2 aliphatic rings. The molecule has 288 valence electrons. The first kappa shape index (κ1) is 35.6. The zero-order valence-electron chi connectivity index (χ0n) is 33.5. The predicted molar refractivity (Wildman–Crippen MR) is 243 cm³/mol. The van der Waals surface area contributed by atoms with Gasteiger partial charge >= 0.3 is 17.1 Å². The summed E-state index contributed by atoms with van der Waals surface area (Å²) in [5.41, 5.74) is 10.4. The minimum atomic E-state index is 0. The van der Waals surface area contributed by atoms with Crippen LogP contribution in [0.15, 0.2) is 121 Å². The summed E-state index contributed by atoms with van der Waals surface area (Å²) in [7, 11) is 0. The molecular formula is C52H32FeN8. The van der Waals surface area contributed by atoms with Gasteiger partial charge in [-0.2, -0.15) is 0 Å². The maximum atomic E-state index is 5.43. The molecule has 0 unspecified atom stereocenters. The Bertz CT molecular complexity index is 3960. The van der Waals surface area contributed by atoms with Gasteiger partial charge in [-0.1, -0.05) is 144 Å². The minimum absolute atomic E-state index is 0. The van der Waals surface area contributed by atoms with E-state index in [0.717, 1.165) is 109 Å². The quantitative estimate of drug-likeness (QED) is 0.139. The Hall–Kier alpha value is -7.32. The van der Waals surface area contributed by atoms with E-state index in [0.29, 0.717) is 45.9 Å². The first-order chi connectivity index (χ1) is 29.3. The van der Waals surface area contributed by atoms with Gasteiger partial charge in [-0.05, 0) is 81.6 Å². The monoisotopic (exact) mass is 824 g/mol. The molecule has 8 aromatic carbocycles. The van der Waals surface area contributed by atoms with E-state index >= 15 is 0 Å². The summed E-state index contributed by atoms with van der Waals surface area (Å²) < 4.78 is 0. The fraction of sp³-hybridized carbons (Fsp3) is 0.0769. The second-order valence-electron chi connectivity index (χ2n) is 16.3. The molecule has 9 heteroatoms. The third-order valence-electron chi connectivity index (χ3n) is 12.3. The first-order valence-electron chi connectivity index (χ1n) is 20.2. The van der Waals surface area contributed by atoms with Crippen LogP contribution in [0.25, 0.3) is 133 Å². The molecule has 0 radical (unpaired) electrons. The average Bonchev–Trinajstić information content (AvgIpc) is 3.99.